The lowest BCUT2D eigenvalue weighted by molar-refractivity contribution is -0.130. The molecule has 0 aromatic heterocycles. The van der Waals surface area contributed by atoms with Gasteiger partial charge < -0.3 is 20.0 Å². The van der Waals surface area contributed by atoms with Crippen molar-refractivity contribution in [1.82, 2.24) is 5.32 Å². The maximum absolute atomic E-state index is 13.3. The van der Waals surface area contributed by atoms with Crippen LogP contribution in [0.2, 0.25) is 5.02 Å². The fourth-order valence-corrected chi connectivity index (χ4v) is 2.42. The number of halogens is 1. The summed E-state index contributed by atoms with van der Waals surface area (Å²) < 4.78 is 5.21. The second-order valence-electron chi connectivity index (χ2n) is 7.60. The van der Waals surface area contributed by atoms with Gasteiger partial charge in [-0.25, -0.2) is 4.79 Å². The van der Waals surface area contributed by atoms with Crippen LogP contribution < -0.4 is 15.2 Å². The number of para-hydroxylation sites is 1. The minimum Gasteiger partial charge on any atom is -0.444 e. The highest BCUT2D eigenvalue weighted by Crippen LogP contribution is 2.23. The molecule has 7 nitrogen and oxygen atoms in total. The van der Waals surface area contributed by atoms with Crippen LogP contribution in [0.25, 0.3) is 0 Å². The van der Waals surface area contributed by atoms with Crippen LogP contribution >= 0.6 is 11.6 Å². The summed E-state index contributed by atoms with van der Waals surface area (Å²) in [5.41, 5.74) is -2.04. The standard InChI is InChI=1S/C21H25ClN2O5/c1-20(2,3)28-19(27)23-21(4,14-25)18(26)24(16-8-6-5-7-9-16)29-17-12-10-15(22)11-13-17/h5-13,25H,14H2,1-4H3,(H,23,27). The maximum Gasteiger partial charge on any atom is 0.408 e. The number of hydrogen-bond donors (Lipinski definition) is 2. The van der Waals surface area contributed by atoms with Gasteiger partial charge in [-0.3, -0.25) is 4.79 Å². The molecule has 2 rings (SSSR count). The molecule has 156 valence electrons. The molecule has 1 atom stereocenters. The van der Waals surface area contributed by atoms with E-state index in [4.69, 9.17) is 21.2 Å². The summed E-state index contributed by atoms with van der Waals surface area (Å²) in [7, 11) is 0. The van der Waals surface area contributed by atoms with Crippen molar-refractivity contribution in [2.75, 3.05) is 11.7 Å². The molecule has 0 aliphatic heterocycles. The molecule has 2 aromatic carbocycles. The summed E-state index contributed by atoms with van der Waals surface area (Å²) in [5, 5.41) is 13.9. The molecule has 2 amide bonds. The SMILES string of the molecule is CC(C)(C)OC(=O)NC(C)(CO)C(=O)N(Oc1ccc(Cl)cc1)c1ccccc1. The molecule has 0 saturated heterocycles. The first-order valence-electron chi connectivity index (χ1n) is 8.99. The second kappa shape index (κ2) is 9.15. The normalized spacial score (nSPS) is 13.2. The molecule has 0 bridgehead atoms. The van der Waals surface area contributed by atoms with E-state index in [0.29, 0.717) is 16.5 Å². The molecule has 2 aromatic rings. The fourth-order valence-electron chi connectivity index (χ4n) is 2.29. The van der Waals surface area contributed by atoms with Gasteiger partial charge in [0.2, 0.25) is 0 Å². The van der Waals surface area contributed by atoms with Crippen molar-refractivity contribution in [3.63, 3.8) is 0 Å². The minimum absolute atomic E-state index is 0.351. The van der Waals surface area contributed by atoms with Crippen molar-refractivity contribution < 1.29 is 24.3 Å². The van der Waals surface area contributed by atoms with Crippen LogP contribution in [-0.4, -0.2) is 34.9 Å². The number of carbonyl (C=O) groups is 2. The van der Waals surface area contributed by atoms with E-state index < -0.39 is 29.7 Å². The molecular weight excluding hydrogens is 396 g/mol. The van der Waals surface area contributed by atoms with E-state index in [9.17, 15) is 14.7 Å². The lowest BCUT2D eigenvalue weighted by Crippen LogP contribution is -2.61. The number of rotatable bonds is 6. The first kappa shape index (κ1) is 22.5. The molecule has 29 heavy (non-hydrogen) atoms. The Kier molecular flexibility index (Phi) is 7.11. The molecule has 0 saturated carbocycles. The molecule has 2 N–H and O–H groups in total. The maximum atomic E-state index is 13.3. The Labute approximate surface area is 175 Å². The third kappa shape index (κ3) is 6.37. The zero-order valence-electron chi connectivity index (χ0n) is 16.8. The van der Waals surface area contributed by atoms with Crippen LogP contribution in [0.15, 0.2) is 54.6 Å². The quantitative estimate of drug-likeness (QED) is 0.691. The van der Waals surface area contributed by atoms with Crippen LogP contribution in [0.1, 0.15) is 27.7 Å². The lowest BCUT2D eigenvalue weighted by atomic mass is 10.0. The van der Waals surface area contributed by atoms with Crippen LogP contribution in [-0.2, 0) is 9.53 Å². The molecule has 0 fully saturated rings. The lowest BCUT2D eigenvalue weighted by Gasteiger charge is -2.33. The van der Waals surface area contributed by atoms with Crippen molar-refractivity contribution in [1.29, 1.82) is 0 Å². The number of ether oxygens (including phenoxy) is 1. The minimum atomic E-state index is -1.69. The number of benzene rings is 2. The number of hydrogen-bond acceptors (Lipinski definition) is 5. The van der Waals surface area contributed by atoms with E-state index in [1.807, 2.05) is 0 Å². The molecule has 0 aliphatic carbocycles. The van der Waals surface area contributed by atoms with Gasteiger partial charge in [0.15, 0.2) is 5.75 Å². The van der Waals surface area contributed by atoms with Gasteiger partial charge >= 0.3 is 6.09 Å². The Balaban J connectivity index is 2.33. The van der Waals surface area contributed by atoms with Gasteiger partial charge in [0.1, 0.15) is 11.1 Å². The van der Waals surface area contributed by atoms with Crippen molar-refractivity contribution >= 4 is 29.3 Å². The van der Waals surface area contributed by atoms with Crippen LogP contribution in [0.3, 0.4) is 0 Å². The monoisotopic (exact) mass is 420 g/mol. The summed E-state index contributed by atoms with van der Waals surface area (Å²) in [6.07, 6.45) is -0.832. The number of carbonyl (C=O) groups excluding carboxylic acids is 2. The highest BCUT2D eigenvalue weighted by molar-refractivity contribution is 6.30. The number of anilines is 1. The Bertz CT molecular complexity index is 836. The summed E-state index contributed by atoms with van der Waals surface area (Å²) in [5.74, 6) is -0.337. The van der Waals surface area contributed by atoms with Gasteiger partial charge in [0, 0.05) is 5.02 Å². The summed E-state index contributed by atoms with van der Waals surface area (Å²) in [4.78, 5) is 31.3. The third-order valence-corrected chi connectivity index (χ3v) is 4.00. The third-order valence-electron chi connectivity index (χ3n) is 3.75. The second-order valence-corrected chi connectivity index (χ2v) is 8.03. The van der Waals surface area contributed by atoms with Crippen molar-refractivity contribution in [2.45, 2.75) is 38.8 Å². The number of amides is 2. The van der Waals surface area contributed by atoms with Gasteiger partial charge in [-0.2, -0.15) is 0 Å². The van der Waals surface area contributed by atoms with E-state index >= 15 is 0 Å². The average molecular weight is 421 g/mol. The topological polar surface area (TPSA) is 88.1 Å². The number of nitrogens with zero attached hydrogens (tertiary/aromatic N) is 1. The van der Waals surface area contributed by atoms with E-state index in [0.717, 1.165) is 5.06 Å². The Morgan fingerprint density at radius 2 is 1.62 bits per heavy atom. The smallest absolute Gasteiger partial charge is 0.408 e. The van der Waals surface area contributed by atoms with Gasteiger partial charge in [0.25, 0.3) is 5.91 Å². The number of hydroxylamine groups is 1. The van der Waals surface area contributed by atoms with Gasteiger partial charge in [0.05, 0.1) is 12.3 Å². The summed E-state index contributed by atoms with van der Waals surface area (Å²) in [6.45, 7) is 5.82. The van der Waals surface area contributed by atoms with Crippen molar-refractivity contribution in [3.05, 3.63) is 59.6 Å². The number of nitrogens with one attached hydrogen (secondary N) is 1. The molecule has 0 spiro atoms. The zero-order chi connectivity index (χ0) is 21.7. The molecule has 0 aliphatic rings. The Morgan fingerprint density at radius 1 is 1.03 bits per heavy atom. The number of aliphatic hydroxyl groups excluding tert-OH is 1. The summed E-state index contributed by atoms with van der Waals surface area (Å²) in [6, 6.07) is 15.0. The molecular formula is C21H25ClN2O5. The highest BCUT2D eigenvalue weighted by atomic mass is 35.5. The predicted molar refractivity (Wildman–Crippen MR) is 111 cm³/mol. The molecule has 0 radical (unpaired) electrons. The van der Waals surface area contributed by atoms with Crippen molar-refractivity contribution in [2.24, 2.45) is 0 Å². The zero-order valence-corrected chi connectivity index (χ0v) is 17.6. The average Bonchev–Trinajstić information content (AvgIpc) is 2.66. The van der Waals surface area contributed by atoms with Crippen LogP contribution in [0.5, 0.6) is 5.75 Å². The van der Waals surface area contributed by atoms with E-state index in [1.54, 1.807) is 75.4 Å². The number of alkyl carbamates (subject to hydrolysis) is 1. The highest BCUT2D eigenvalue weighted by Gasteiger charge is 2.41. The van der Waals surface area contributed by atoms with Gasteiger partial charge in [-0.15, -0.1) is 5.06 Å². The fraction of sp³-hybridized carbons (Fsp3) is 0.333. The molecule has 0 heterocycles. The Morgan fingerprint density at radius 3 is 2.14 bits per heavy atom. The van der Waals surface area contributed by atoms with E-state index in [-0.39, 0.29) is 0 Å². The largest absolute Gasteiger partial charge is 0.444 e. The first-order valence-corrected chi connectivity index (χ1v) is 9.37. The number of aliphatic hydroxyl groups is 1. The predicted octanol–water partition coefficient (Wildman–Crippen LogP) is 3.94. The first-order chi connectivity index (χ1) is 13.5. The summed E-state index contributed by atoms with van der Waals surface area (Å²) >= 11 is 5.90. The Hall–Kier alpha value is -2.77. The van der Waals surface area contributed by atoms with Crippen LogP contribution in [0.4, 0.5) is 10.5 Å². The van der Waals surface area contributed by atoms with Crippen LogP contribution in [0, 0.1) is 0 Å². The molecule has 8 heteroatoms. The van der Waals surface area contributed by atoms with E-state index in [1.165, 1.54) is 6.92 Å². The van der Waals surface area contributed by atoms with Gasteiger partial charge in [-0.05, 0) is 64.1 Å². The van der Waals surface area contributed by atoms with Crippen molar-refractivity contribution in [3.8, 4) is 5.75 Å². The molecule has 1 unspecified atom stereocenters. The van der Waals surface area contributed by atoms with E-state index in [2.05, 4.69) is 5.32 Å². The van der Waals surface area contributed by atoms with Gasteiger partial charge in [-0.1, -0.05) is 29.8 Å².